The van der Waals surface area contributed by atoms with Gasteiger partial charge in [0.1, 0.15) is 6.04 Å². The van der Waals surface area contributed by atoms with Crippen LogP contribution in [0.5, 0.6) is 0 Å². The third-order valence-corrected chi connectivity index (χ3v) is 2.61. The van der Waals surface area contributed by atoms with Gasteiger partial charge in [0.15, 0.2) is 0 Å². The molecule has 3 nitrogen and oxygen atoms in total. The summed E-state index contributed by atoms with van der Waals surface area (Å²) in [6, 6.07) is 6.09. The van der Waals surface area contributed by atoms with Crippen LogP contribution in [0.1, 0.15) is 23.7 Å². The minimum absolute atomic E-state index is 0.280. The molecule has 0 aromatic heterocycles. The second-order valence-electron chi connectivity index (χ2n) is 3.19. The molecule has 0 spiro atoms. The Morgan fingerprint density at radius 1 is 1.56 bits per heavy atom. The number of hydrogen-bond acceptors (Lipinski definition) is 2. The van der Waals surface area contributed by atoms with Crippen LogP contribution in [0.2, 0.25) is 10.0 Å². The number of benzene rings is 1. The van der Waals surface area contributed by atoms with Crippen LogP contribution in [-0.4, -0.2) is 11.9 Å². The average Bonchev–Trinajstić information content (AvgIpc) is 2.28. The van der Waals surface area contributed by atoms with Crippen molar-refractivity contribution in [1.82, 2.24) is 5.32 Å². The second-order valence-corrected chi connectivity index (χ2v) is 4.03. The summed E-state index contributed by atoms with van der Waals surface area (Å²) in [7, 11) is 0. The number of halogens is 2. The second kappa shape index (κ2) is 5.74. The number of hydrogen-bond donors (Lipinski definition) is 1. The summed E-state index contributed by atoms with van der Waals surface area (Å²) in [5.41, 5.74) is 0.280. The first-order valence-electron chi connectivity index (χ1n) is 4.74. The molecule has 1 rings (SSSR count). The Balaban J connectivity index is 2.89. The number of nitrogens with zero attached hydrogens (tertiary/aromatic N) is 1. The van der Waals surface area contributed by atoms with E-state index in [0.717, 1.165) is 0 Å². The number of nitrogens with one attached hydrogen (secondary N) is 1. The van der Waals surface area contributed by atoms with Crippen LogP contribution < -0.4 is 5.32 Å². The van der Waals surface area contributed by atoms with Gasteiger partial charge in [-0.2, -0.15) is 5.26 Å². The molecule has 0 radical (unpaired) electrons. The highest BCUT2D eigenvalue weighted by Crippen LogP contribution is 2.20. The van der Waals surface area contributed by atoms with E-state index < -0.39 is 6.04 Å². The summed E-state index contributed by atoms with van der Waals surface area (Å²) in [6.45, 7) is 1.81. The first-order valence-corrected chi connectivity index (χ1v) is 5.49. The Hall–Kier alpha value is -1.24. The maximum absolute atomic E-state index is 11.7. The molecule has 0 aliphatic heterocycles. The van der Waals surface area contributed by atoms with Crippen LogP contribution in [0.15, 0.2) is 18.2 Å². The largest absolute Gasteiger partial charge is 0.336 e. The molecule has 1 unspecified atom stereocenters. The van der Waals surface area contributed by atoms with Crippen LogP contribution in [-0.2, 0) is 0 Å². The van der Waals surface area contributed by atoms with Crippen molar-refractivity contribution in [2.45, 2.75) is 19.4 Å². The lowest BCUT2D eigenvalue weighted by Crippen LogP contribution is -2.33. The monoisotopic (exact) mass is 256 g/mol. The summed E-state index contributed by atoms with van der Waals surface area (Å²) < 4.78 is 0. The van der Waals surface area contributed by atoms with E-state index in [4.69, 9.17) is 28.5 Å². The SMILES string of the molecule is CCC(C#N)NC(=O)c1cc(Cl)ccc1Cl. The molecular weight excluding hydrogens is 247 g/mol. The van der Waals surface area contributed by atoms with E-state index in [9.17, 15) is 4.79 Å². The van der Waals surface area contributed by atoms with Crippen LogP contribution in [0.25, 0.3) is 0 Å². The molecule has 0 saturated heterocycles. The van der Waals surface area contributed by atoms with Crippen molar-refractivity contribution >= 4 is 29.1 Å². The first-order chi connectivity index (χ1) is 7.58. The zero-order valence-electron chi connectivity index (χ0n) is 8.63. The van der Waals surface area contributed by atoms with Crippen LogP contribution in [0, 0.1) is 11.3 Å². The van der Waals surface area contributed by atoms with E-state index in [-0.39, 0.29) is 11.5 Å². The van der Waals surface area contributed by atoms with Gasteiger partial charge in [-0.1, -0.05) is 30.1 Å². The van der Waals surface area contributed by atoms with Crippen molar-refractivity contribution in [2.75, 3.05) is 0 Å². The highest BCUT2D eigenvalue weighted by atomic mass is 35.5. The lowest BCUT2D eigenvalue weighted by atomic mass is 10.2. The third kappa shape index (κ3) is 3.13. The molecule has 0 saturated carbocycles. The standard InChI is InChI=1S/C11H10Cl2N2O/c1-2-8(6-14)15-11(16)9-5-7(12)3-4-10(9)13/h3-5,8H,2H2,1H3,(H,15,16). The number of carbonyl (C=O) groups is 1. The van der Waals surface area contributed by atoms with Gasteiger partial charge in [0.25, 0.3) is 5.91 Å². The number of rotatable bonds is 3. The summed E-state index contributed by atoms with van der Waals surface area (Å²) >= 11 is 11.6. The summed E-state index contributed by atoms with van der Waals surface area (Å²) in [6.07, 6.45) is 0.542. The van der Waals surface area contributed by atoms with E-state index >= 15 is 0 Å². The van der Waals surface area contributed by atoms with Gasteiger partial charge in [-0.3, -0.25) is 4.79 Å². The van der Waals surface area contributed by atoms with Crippen molar-refractivity contribution in [3.05, 3.63) is 33.8 Å². The number of carbonyl (C=O) groups excluding carboxylic acids is 1. The number of amides is 1. The highest BCUT2D eigenvalue weighted by molar-refractivity contribution is 6.35. The average molecular weight is 257 g/mol. The maximum Gasteiger partial charge on any atom is 0.253 e. The smallest absolute Gasteiger partial charge is 0.253 e. The molecule has 0 fully saturated rings. The molecule has 0 bridgehead atoms. The lowest BCUT2D eigenvalue weighted by molar-refractivity contribution is 0.0945. The van der Waals surface area contributed by atoms with Gasteiger partial charge in [-0.15, -0.1) is 0 Å². The van der Waals surface area contributed by atoms with Gasteiger partial charge in [0, 0.05) is 5.02 Å². The molecule has 0 heterocycles. The van der Waals surface area contributed by atoms with E-state index in [1.165, 1.54) is 6.07 Å². The van der Waals surface area contributed by atoms with E-state index in [1.54, 1.807) is 12.1 Å². The van der Waals surface area contributed by atoms with Gasteiger partial charge >= 0.3 is 0 Å². The zero-order chi connectivity index (χ0) is 12.1. The van der Waals surface area contributed by atoms with Gasteiger partial charge in [0.2, 0.25) is 0 Å². The molecule has 84 valence electrons. The molecular formula is C11H10Cl2N2O. The fourth-order valence-electron chi connectivity index (χ4n) is 1.13. The molecule has 0 aliphatic carbocycles. The first kappa shape index (κ1) is 12.8. The summed E-state index contributed by atoms with van der Waals surface area (Å²) in [5.74, 6) is -0.388. The zero-order valence-corrected chi connectivity index (χ0v) is 10.1. The van der Waals surface area contributed by atoms with Crippen LogP contribution in [0.4, 0.5) is 0 Å². The molecule has 1 atom stereocenters. The van der Waals surface area contributed by atoms with E-state index in [2.05, 4.69) is 5.32 Å². The van der Waals surface area contributed by atoms with Gasteiger partial charge in [-0.05, 0) is 24.6 Å². The van der Waals surface area contributed by atoms with Gasteiger partial charge in [0.05, 0.1) is 16.7 Å². The van der Waals surface area contributed by atoms with Crippen molar-refractivity contribution < 1.29 is 4.79 Å². The molecule has 1 amide bonds. The minimum atomic E-state index is -0.512. The molecule has 1 aromatic rings. The van der Waals surface area contributed by atoms with Crippen LogP contribution in [0.3, 0.4) is 0 Å². The summed E-state index contributed by atoms with van der Waals surface area (Å²) in [5, 5.41) is 12.0. The Kier molecular flexibility index (Phi) is 4.60. The van der Waals surface area contributed by atoms with Crippen molar-refractivity contribution in [1.29, 1.82) is 5.26 Å². The quantitative estimate of drug-likeness (QED) is 0.904. The summed E-state index contributed by atoms with van der Waals surface area (Å²) in [4.78, 5) is 11.7. The molecule has 0 aliphatic rings. The lowest BCUT2D eigenvalue weighted by Gasteiger charge is -2.10. The predicted octanol–water partition coefficient (Wildman–Crippen LogP) is 3.03. The Morgan fingerprint density at radius 3 is 2.81 bits per heavy atom. The molecule has 16 heavy (non-hydrogen) atoms. The van der Waals surface area contributed by atoms with E-state index in [1.807, 2.05) is 13.0 Å². The highest BCUT2D eigenvalue weighted by Gasteiger charge is 2.14. The van der Waals surface area contributed by atoms with Gasteiger partial charge < -0.3 is 5.32 Å². The topological polar surface area (TPSA) is 52.9 Å². The van der Waals surface area contributed by atoms with Crippen molar-refractivity contribution in [3.8, 4) is 6.07 Å². The van der Waals surface area contributed by atoms with Crippen molar-refractivity contribution in [3.63, 3.8) is 0 Å². The van der Waals surface area contributed by atoms with Crippen molar-refractivity contribution in [2.24, 2.45) is 0 Å². The maximum atomic E-state index is 11.7. The minimum Gasteiger partial charge on any atom is -0.336 e. The fourth-order valence-corrected chi connectivity index (χ4v) is 1.51. The third-order valence-electron chi connectivity index (χ3n) is 2.04. The van der Waals surface area contributed by atoms with Crippen LogP contribution >= 0.6 is 23.2 Å². The Morgan fingerprint density at radius 2 is 2.25 bits per heavy atom. The predicted molar refractivity (Wildman–Crippen MR) is 63.6 cm³/mol. The molecule has 5 heteroatoms. The van der Waals surface area contributed by atoms with Gasteiger partial charge in [-0.25, -0.2) is 0 Å². The van der Waals surface area contributed by atoms with E-state index in [0.29, 0.717) is 16.5 Å². The molecule has 1 N–H and O–H groups in total. The Bertz CT molecular complexity index is 440. The molecule has 1 aromatic carbocycles. The normalized spacial score (nSPS) is 11.6. The Labute approximate surface area is 104 Å². The fraction of sp³-hybridized carbons (Fsp3) is 0.273. The number of nitriles is 1.